The van der Waals surface area contributed by atoms with E-state index in [0.717, 1.165) is 25.7 Å². The van der Waals surface area contributed by atoms with Crippen molar-refractivity contribution in [2.24, 2.45) is 5.92 Å². The minimum Gasteiger partial charge on any atom is -0.508 e. The summed E-state index contributed by atoms with van der Waals surface area (Å²) in [7, 11) is 0. The van der Waals surface area contributed by atoms with Crippen LogP contribution in [-0.2, 0) is 11.8 Å². The van der Waals surface area contributed by atoms with E-state index in [4.69, 9.17) is 4.11 Å². The van der Waals surface area contributed by atoms with Gasteiger partial charge in [-0.3, -0.25) is 0 Å². The lowest BCUT2D eigenvalue weighted by atomic mass is 9.52. The number of aromatic hydroxyl groups is 1. The molecule has 102 valence electrons. The largest absolute Gasteiger partial charge is 0.508 e. The van der Waals surface area contributed by atoms with E-state index in [9.17, 15) is 5.11 Å². The Morgan fingerprint density at radius 2 is 2.32 bits per heavy atom. The summed E-state index contributed by atoms with van der Waals surface area (Å²) in [6.07, 6.45) is 6.38. The molecular formula is C17H23NO. The van der Waals surface area contributed by atoms with Crippen molar-refractivity contribution < 1.29 is 9.22 Å². The third-order valence-electron chi connectivity index (χ3n) is 5.82. The van der Waals surface area contributed by atoms with Crippen molar-refractivity contribution in [3.8, 4) is 5.75 Å². The second kappa shape index (κ2) is 3.99. The van der Waals surface area contributed by atoms with E-state index < -0.39 is 6.98 Å². The number of piperidine rings is 1. The Labute approximate surface area is 119 Å². The first-order chi connectivity index (χ1) is 10.4. The van der Waals surface area contributed by atoms with Crippen molar-refractivity contribution in [1.82, 2.24) is 4.90 Å². The molecule has 2 fully saturated rings. The van der Waals surface area contributed by atoms with Gasteiger partial charge in [0.05, 0.1) is 0 Å². The fourth-order valence-electron chi connectivity index (χ4n) is 4.99. The number of hydrogen-bond donors (Lipinski definition) is 1. The second-order valence-electron chi connectivity index (χ2n) is 6.56. The van der Waals surface area contributed by atoms with Crippen LogP contribution in [0.15, 0.2) is 18.2 Å². The fraction of sp³-hybridized carbons (Fsp3) is 0.647. The van der Waals surface area contributed by atoms with Crippen LogP contribution in [0.3, 0.4) is 0 Å². The molecule has 1 saturated heterocycles. The fourth-order valence-corrected chi connectivity index (χ4v) is 4.99. The number of phenolic OH excluding ortho intramolecular Hbond substituents is 1. The van der Waals surface area contributed by atoms with Crippen LogP contribution in [0, 0.1) is 5.92 Å². The van der Waals surface area contributed by atoms with Gasteiger partial charge in [-0.2, -0.15) is 0 Å². The second-order valence-corrected chi connectivity index (χ2v) is 6.56. The summed E-state index contributed by atoms with van der Waals surface area (Å²) < 4.78 is 23.7. The molecule has 1 saturated carbocycles. The SMILES string of the molecule is [2H]C([2H])([2H])N1CC[C@]23CCCC[C@H]2[C@@H]1Cc1ccc(O)cc13. The molecule has 2 heteroatoms. The van der Waals surface area contributed by atoms with E-state index in [1.165, 1.54) is 24.0 Å². The van der Waals surface area contributed by atoms with Gasteiger partial charge in [-0.05, 0) is 68.4 Å². The van der Waals surface area contributed by atoms with Gasteiger partial charge in [-0.15, -0.1) is 0 Å². The van der Waals surface area contributed by atoms with Gasteiger partial charge in [0, 0.05) is 15.6 Å². The monoisotopic (exact) mass is 260 g/mol. The first kappa shape index (κ1) is 9.02. The molecule has 19 heavy (non-hydrogen) atoms. The Bertz CT molecular complexity index is 600. The Balaban J connectivity index is 1.85. The van der Waals surface area contributed by atoms with Crippen LogP contribution in [0.4, 0.5) is 0 Å². The van der Waals surface area contributed by atoms with Gasteiger partial charge in [0.25, 0.3) is 0 Å². The topological polar surface area (TPSA) is 23.5 Å². The molecule has 1 aliphatic heterocycles. The smallest absolute Gasteiger partial charge is 0.115 e. The molecule has 4 rings (SSSR count). The molecule has 2 bridgehead atoms. The predicted molar refractivity (Wildman–Crippen MR) is 76.5 cm³/mol. The van der Waals surface area contributed by atoms with Gasteiger partial charge < -0.3 is 10.0 Å². The van der Waals surface area contributed by atoms with Crippen molar-refractivity contribution in [3.05, 3.63) is 29.3 Å². The minimum atomic E-state index is -2.00. The van der Waals surface area contributed by atoms with Gasteiger partial charge in [-0.25, -0.2) is 0 Å². The quantitative estimate of drug-likeness (QED) is 0.775. The van der Waals surface area contributed by atoms with Crippen LogP contribution in [0.1, 0.15) is 47.3 Å². The molecule has 1 aromatic carbocycles. The van der Waals surface area contributed by atoms with Crippen LogP contribution < -0.4 is 0 Å². The summed E-state index contributed by atoms with van der Waals surface area (Å²) in [4.78, 5) is 1.77. The van der Waals surface area contributed by atoms with E-state index in [0.29, 0.717) is 18.2 Å². The molecule has 3 atom stereocenters. The normalized spacial score (nSPS) is 40.5. The Hall–Kier alpha value is -1.02. The maximum Gasteiger partial charge on any atom is 0.115 e. The molecule has 0 spiro atoms. The number of rotatable bonds is 0. The third-order valence-corrected chi connectivity index (χ3v) is 5.82. The average Bonchev–Trinajstić information content (AvgIpc) is 2.47. The first-order valence-electron chi connectivity index (χ1n) is 9.01. The zero-order chi connectivity index (χ0) is 15.5. The molecular weight excluding hydrogens is 234 g/mol. The highest BCUT2D eigenvalue weighted by Gasteiger charge is 2.52. The molecule has 1 N–H and O–H groups in total. The summed E-state index contributed by atoms with van der Waals surface area (Å²) in [6.45, 7) is -1.35. The molecule has 0 unspecified atom stereocenters. The number of hydrogen-bond acceptors (Lipinski definition) is 2. The molecule has 2 nitrogen and oxygen atoms in total. The van der Waals surface area contributed by atoms with Gasteiger partial charge in [0.2, 0.25) is 0 Å². The Morgan fingerprint density at radius 1 is 1.37 bits per heavy atom. The van der Waals surface area contributed by atoms with Gasteiger partial charge in [0.1, 0.15) is 5.75 Å². The van der Waals surface area contributed by atoms with Crippen LogP contribution >= 0.6 is 0 Å². The lowest BCUT2D eigenvalue weighted by molar-refractivity contribution is 0.00274. The first-order valence-corrected chi connectivity index (χ1v) is 7.51. The Morgan fingerprint density at radius 3 is 3.21 bits per heavy atom. The average molecular weight is 260 g/mol. The highest BCUT2D eigenvalue weighted by atomic mass is 16.3. The van der Waals surface area contributed by atoms with Crippen molar-refractivity contribution >= 4 is 0 Å². The summed E-state index contributed by atoms with van der Waals surface area (Å²) >= 11 is 0. The zero-order valence-electron chi connectivity index (χ0n) is 14.2. The van der Waals surface area contributed by atoms with Crippen LogP contribution in [0.25, 0.3) is 0 Å². The van der Waals surface area contributed by atoms with Gasteiger partial charge in [0.15, 0.2) is 0 Å². The molecule has 2 aliphatic carbocycles. The summed E-state index contributed by atoms with van der Waals surface area (Å²) in [5.74, 6) is 0.763. The zero-order valence-corrected chi connectivity index (χ0v) is 11.2. The Kier molecular flexibility index (Phi) is 1.89. The number of likely N-dealkylation sites (tertiary alicyclic amines) is 1. The maximum atomic E-state index is 9.95. The number of phenols is 1. The predicted octanol–water partition coefficient (Wildman–Crippen LogP) is 3.08. The lowest BCUT2D eigenvalue weighted by Gasteiger charge is -2.58. The number of nitrogens with zero attached hydrogens (tertiary/aromatic N) is 1. The highest BCUT2D eigenvalue weighted by Crippen LogP contribution is 2.55. The third kappa shape index (κ3) is 1.53. The summed E-state index contributed by atoms with van der Waals surface area (Å²) in [5, 5.41) is 9.95. The highest BCUT2D eigenvalue weighted by molar-refractivity contribution is 5.45. The van der Waals surface area contributed by atoms with E-state index in [1.807, 2.05) is 12.1 Å². The van der Waals surface area contributed by atoms with Crippen LogP contribution in [0.5, 0.6) is 5.75 Å². The molecule has 1 heterocycles. The number of benzene rings is 1. The summed E-state index contributed by atoms with van der Waals surface area (Å²) in [6, 6.07) is 5.83. The van der Waals surface area contributed by atoms with Crippen LogP contribution in [0.2, 0.25) is 0 Å². The van der Waals surface area contributed by atoms with Crippen molar-refractivity contribution in [1.29, 1.82) is 0 Å². The van der Waals surface area contributed by atoms with Crippen molar-refractivity contribution in [3.63, 3.8) is 0 Å². The van der Waals surface area contributed by atoms with E-state index in [-0.39, 0.29) is 11.5 Å². The maximum absolute atomic E-state index is 9.95. The molecule has 0 amide bonds. The van der Waals surface area contributed by atoms with E-state index in [1.54, 1.807) is 11.0 Å². The molecule has 0 radical (unpaired) electrons. The number of likely N-dealkylation sites (N-methyl/N-ethyl adjacent to an activating group) is 1. The standard InChI is InChI=1S/C17H23NO/c1-18-9-8-17-7-3-2-4-14(17)16(18)10-12-5-6-13(19)11-15(12)17/h5-6,11,14,16,19H,2-4,7-10H2,1H3/t14-,16-,17+/m0/s1/i1D3. The van der Waals surface area contributed by atoms with Crippen molar-refractivity contribution in [2.45, 2.75) is 50.0 Å². The van der Waals surface area contributed by atoms with Gasteiger partial charge in [-0.1, -0.05) is 18.9 Å². The number of fused-ring (bicyclic) bond motifs is 1. The molecule has 1 aromatic rings. The van der Waals surface area contributed by atoms with E-state index >= 15 is 0 Å². The van der Waals surface area contributed by atoms with Crippen LogP contribution in [-0.4, -0.2) is 29.6 Å². The lowest BCUT2D eigenvalue weighted by Crippen LogP contribution is -2.59. The van der Waals surface area contributed by atoms with Crippen molar-refractivity contribution in [2.75, 3.05) is 13.5 Å². The molecule has 3 aliphatic rings. The summed E-state index contributed by atoms with van der Waals surface area (Å²) in [5.41, 5.74) is 2.64. The van der Waals surface area contributed by atoms with Gasteiger partial charge >= 0.3 is 0 Å². The van der Waals surface area contributed by atoms with E-state index in [2.05, 4.69) is 0 Å². The minimum absolute atomic E-state index is 0.0942. The molecule has 0 aromatic heterocycles.